The van der Waals surface area contributed by atoms with Crippen molar-refractivity contribution in [1.82, 2.24) is 14.7 Å². The number of aryl methyl sites for hydroxylation is 2. The van der Waals surface area contributed by atoms with E-state index in [-0.39, 0.29) is 16.8 Å². The number of rotatable bonds is 7. The summed E-state index contributed by atoms with van der Waals surface area (Å²) >= 11 is 1.45. The van der Waals surface area contributed by atoms with Gasteiger partial charge in [0.1, 0.15) is 0 Å². The van der Waals surface area contributed by atoms with E-state index in [2.05, 4.69) is 20.0 Å². The van der Waals surface area contributed by atoms with Crippen LogP contribution in [0.5, 0.6) is 0 Å². The number of carbonyl (C=O) groups excluding carboxylic acids is 1. The molecule has 0 aliphatic carbocycles. The lowest BCUT2D eigenvalue weighted by molar-refractivity contribution is 0.102. The first-order chi connectivity index (χ1) is 14.6. The number of nitrogens with zero attached hydrogens (tertiary/aromatic N) is 2. The Morgan fingerprint density at radius 2 is 1.52 bits per heavy atom. The summed E-state index contributed by atoms with van der Waals surface area (Å²) in [6.07, 6.45) is 0. The number of amides is 1. The highest BCUT2D eigenvalue weighted by Gasteiger charge is 2.16. The maximum Gasteiger partial charge on any atom is 0.255 e. The summed E-state index contributed by atoms with van der Waals surface area (Å²) in [5.74, 6) is -0.321. The highest BCUT2D eigenvalue weighted by Crippen LogP contribution is 2.26. The molecular weight excluding hydrogens is 432 g/mol. The molecule has 0 spiro atoms. The second kappa shape index (κ2) is 9.59. The first-order valence-corrected chi connectivity index (χ1v) is 12.0. The largest absolute Gasteiger partial charge is 0.322 e. The Labute approximate surface area is 186 Å². The van der Waals surface area contributed by atoms with Gasteiger partial charge in [-0.3, -0.25) is 4.79 Å². The summed E-state index contributed by atoms with van der Waals surface area (Å²) < 4.78 is 26.9. The first-order valence-electron chi connectivity index (χ1n) is 9.66. The Bertz CT molecular complexity index is 1160. The Morgan fingerprint density at radius 3 is 2.06 bits per heavy atom. The fourth-order valence-electron chi connectivity index (χ4n) is 2.82. The highest BCUT2D eigenvalue weighted by atomic mass is 32.2. The number of carbonyl (C=O) groups is 1. The number of aromatic nitrogens is 2. The Hall–Kier alpha value is -2.75. The molecule has 0 radical (unpaired) electrons. The van der Waals surface area contributed by atoms with E-state index in [0.717, 1.165) is 16.3 Å². The molecule has 162 valence electrons. The number of sulfonamides is 1. The molecular formula is C22H24N4O3S2. The van der Waals surface area contributed by atoms with Gasteiger partial charge < -0.3 is 5.32 Å². The number of hydrogen-bond acceptors (Lipinski definition) is 6. The van der Waals surface area contributed by atoms with E-state index in [9.17, 15) is 13.2 Å². The minimum atomic E-state index is -3.59. The summed E-state index contributed by atoms with van der Waals surface area (Å²) in [4.78, 5) is 22.4. The van der Waals surface area contributed by atoms with Crippen molar-refractivity contribution in [1.29, 1.82) is 0 Å². The van der Waals surface area contributed by atoms with Crippen LogP contribution in [0.25, 0.3) is 0 Å². The van der Waals surface area contributed by atoms with Crippen LogP contribution < -0.4 is 10.0 Å². The Kier molecular flexibility index (Phi) is 7.09. The predicted molar refractivity (Wildman–Crippen MR) is 122 cm³/mol. The van der Waals surface area contributed by atoms with Gasteiger partial charge in [0.25, 0.3) is 5.91 Å². The van der Waals surface area contributed by atoms with Gasteiger partial charge in [-0.25, -0.2) is 23.1 Å². The van der Waals surface area contributed by atoms with Gasteiger partial charge in [-0.15, -0.1) is 0 Å². The summed E-state index contributed by atoms with van der Waals surface area (Å²) in [7, 11) is -3.59. The number of anilines is 1. The van der Waals surface area contributed by atoms with E-state index in [4.69, 9.17) is 0 Å². The molecule has 0 saturated carbocycles. The van der Waals surface area contributed by atoms with Crippen molar-refractivity contribution in [2.24, 2.45) is 0 Å². The van der Waals surface area contributed by atoms with Gasteiger partial charge in [0.2, 0.25) is 10.0 Å². The van der Waals surface area contributed by atoms with Gasteiger partial charge >= 0.3 is 0 Å². The summed E-state index contributed by atoms with van der Waals surface area (Å²) in [6, 6.07) is 14.9. The van der Waals surface area contributed by atoms with Crippen LogP contribution in [-0.2, 0) is 10.0 Å². The number of benzene rings is 2. The van der Waals surface area contributed by atoms with E-state index < -0.39 is 10.0 Å². The van der Waals surface area contributed by atoms with Gasteiger partial charge in [0, 0.05) is 33.6 Å². The second-order valence-corrected chi connectivity index (χ2v) is 10.1. The molecule has 1 aromatic heterocycles. The van der Waals surface area contributed by atoms with E-state index in [0.29, 0.717) is 16.4 Å². The molecule has 7 nitrogen and oxygen atoms in total. The summed E-state index contributed by atoms with van der Waals surface area (Å²) in [5, 5.41) is 3.49. The molecule has 31 heavy (non-hydrogen) atoms. The third-order valence-electron chi connectivity index (χ3n) is 4.10. The summed E-state index contributed by atoms with van der Waals surface area (Å²) in [6.45, 7) is 7.36. The molecule has 3 rings (SSSR count). The molecule has 1 heterocycles. The van der Waals surface area contributed by atoms with Gasteiger partial charge in [0.15, 0.2) is 5.16 Å². The maximum absolute atomic E-state index is 12.5. The van der Waals surface area contributed by atoms with Gasteiger partial charge in [-0.1, -0.05) is 0 Å². The van der Waals surface area contributed by atoms with Crippen molar-refractivity contribution in [3.63, 3.8) is 0 Å². The minimum Gasteiger partial charge on any atom is -0.322 e. The van der Waals surface area contributed by atoms with Crippen molar-refractivity contribution in [3.8, 4) is 0 Å². The van der Waals surface area contributed by atoms with Crippen LogP contribution in [0.2, 0.25) is 0 Å². The lowest BCUT2D eigenvalue weighted by Gasteiger charge is -2.10. The van der Waals surface area contributed by atoms with Crippen LogP contribution in [0, 0.1) is 13.8 Å². The van der Waals surface area contributed by atoms with Crippen molar-refractivity contribution in [2.45, 2.75) is 48.7 Å². The standard InChI is InChI=1S/C22H24N4O3S2/c1-14(2)26-31(28,29)20-11-5-17(6-12-20)21(27)25-18-7-9-19(10-8-18)30-22-23-15(3)13-16(4)24-22/h5-14,26H,1-4H3,(H,25,27). The molecule has 3 aromatic rings. The monoisotopic (exact) mass is 456 g/mol. The lowest BCUT2D eigenvalue weighted by Crippen LogP contribution is -2.30. The van der Waals surface area contributed by atoms with Gasteiger partial charge in [0.05, 0.1) is 4.90 Å². The number of nitrogens with one attached hydrogen (secondary N) is 2. The molecule has 9 heteroatoms. The molecule has 0 bridgehead atoms. The average molecular weight is 457 g/mol. The highest BCUT2D eigenvalue weighted by molar-refractivity contribution is 7.99. The molecule has 0 saturated heterocycles. The first kappa shape index (κ1) is 22.9. The zero-order chi connectivity index (χ0) is 22.6. The Morgan fingerprint density at radius 1 is 0.935 bits per heavy atom. The predicted octanol–water partition coefficient (Wildman–Crippen LogP) is 4.18. The van der Waals surface area contributed by atoms with Crippen molar-refractivity contribution in [3.05, 3.63) is 71.5 Å². The topological polar surface area (TPSA) is 101 Å². The van der Waals surface area contributed by atoms with E-state index in [1.54, 1.807) is 26.0 Å². The van der Waals surface area contributed by atoms with Crippen LogP contribution in [0.3, 0.4) is 0 Å². The fraction of sp³-hybridized carbons (Fsp3) is 0.227. The quantitative estimate of drug-likeness (QED) is 0.517. The van der Waals surface area contributed by atoms with Crippen molar-refractivity contribution >= 4 is 33.4 Å². The molecule has 2 N–H and O–H groups in total. The zero-order valence-corrected chi connectivity index (χ0v) is 19.3. The molecule has 0 aliphatic heterocycles. The third kappa shape index (κ3) is 6.36. The van der Waals surface area contributed by atoms with Crippen LogP contribution in [0.15, 0.2) is 69.5 Å². The summed E-state index contributed by atoms with van der Waals surface area (Å²) in [5.41, 5.74) is 2.83. The molecule has 0 atom stereocenters. The number of hydrogen-bond donors (Lipinski definition) is 2. The Balaban J connectivity index is 1.65. The van der Waals surface area contributed by atoms with Crippen LogP contribution in [0.1, 0.15) is 35.6 Å². The van der Waals surface area contributed by atoms with Gasteiger partial charge in [-0.05, 0) is 94.1 Å². The van der Waals surface area contributed by atoms with Crippen LogP contribution in [-0.4, -0.2) is 30.3 Å². The maximum atomic E-state index is 12.5. The zero-order valence-electron chi connectivity index (χ0n) is 17.7. The smallest absolute Gasteiger partial charge is 0.255 e. The lowest BCUT2D eigenvalue weighted by atomic mass is 10.2. The van der Waals surface area contributed by atoms with Crippen molar-refractivity contribution < 1.29 is 13.2 Å². The molecule has 0 unspecified atom stereocenters. The molecule has 1 amide bonds. The van der Waals surface area contributed by atoms with Crippen LogP contribution in [0.4, 0.5) is 5.69 Å². The molecule has 0 aliphatic rings. The van der Waals surface area contributed by atoms with Crippen LogP contribution >= 0.6 is 11.8 Å². The molecule has 2 aromatic carbocycles. The van der Waals surface area contributed by atoms with E-state index in [1.165, 1.54) is 36.0 Å². The second-order valence-electron chi connectivity index (χ2n) is 7.31. The van der Waals surface area contributed by atoms with Gasteiger partial charge in [-0.2, -0.15) is 0 Å². The van der Waals surface area contributed by atoms with Crippen molar-refractivity contribution in [2.75, 3.05) is 5.32 Å². The molecule has 0 fully saturated rings. The SMILES string of the molecule is Cc1cc(C)nc(Sc2ccc(NC(=O)c3ccc(S(=O)(=O)NC(C)C)cc3)cc2)n1. The third-order valence-corrected chi connectivity index (χ3v) is 6.65. The fourth-order valence-corrected chi connectivity index (χ4v) is 4.93. The van der Waals surface area contributed by atoms with E-state index >= 15 is 0 Å². The normalized spacial score (nSPS) is 11.5. The van der Waals surface area contributed by atoms with E-state index in [1.807, 2.05) is 32.0 Å². The minimum absolute atomic E-state index is 0.118. The average Bonchev–Trinajstić information content (AvgIpc) is 2.68.